The van der Waals surface area contributed by atoms with Gasteiger partial charge in [0.05, 0.1) is 19.8 Å². The summed E-state index contributed by atoms with van der Waals surface area (Å²) >= 11 is 1.51. The monoisotopic (exact) mass is 222 g/mol. The lowest BCUT2D eigenvalue weighted by Gasteiger charge is -2.03. The van der Waals surface area contributed by atoms with E-state index in [1.807, 2.05) is 18.2 Å². The molecule has 0 radical (unpaired) electrons. The number of rotatable bonds is 2. The Balaban J connectivity index is 2.71. The van der Waals surface area contributed by atoms with Crippen molar-refractivity contribution in [3.63, 3.8) is 0 Å². The van der Waals surface area contributed by atoms with Gasteiger partial charge >= 0.3 is 5.97 Å². The number of ether oxygens (including phenoxy) is 2. The maximum atomic E-state index is 11.5. The molecule has 0 aliphatic rings. The van der Waals surface area contributed by atoms with Crippen molar-refractivity contribution in [1.82, 2.24) is 0 Å². The Labute approximate surface area is 91.2 Å². The fourth-order valence-electron chi connectivity index (χ4n) is 1.49. The summed E-state index contributed by atoms with van der Waals surface area (Å²) in [7, 11) is 2.97. The molecule has 0 unspecified atom stereocenters. The highest BCUT2D eigenvalue weighted by atomic mass is 32.1. The first kappa shape index (κ1) is 9.98. The van der Waals surface area contributed by atoms with Gasteiger partial charge in [-0.1, -0.05) is 6.07 Å². The Bertz CT molecular complexity index is 502. The predicted octanol–water partition coefficient (Wildman–Crippen LogP) is 2.70. The van der Waals surface area contributed by atoms with Gasteiger partial charge in [0.1, 0.15) is 5.75 Å². The first-order valence-electron chi connectivity index (χ1n) is 4.40. The van der Waals surface area contributed by atoms with E-state index >= 15 is 0 Å². The molecule has 0 N–H and O–H groups in total. The van der Waals surface area contributed by atoms with Gasteiger partial charge in [-0.25, -0.2) is 4.79 Å². The molecule has 0 fully saturated rings. The number of methoxy groups -OCH3 is 2. The van der Waals surface area contributed by atoms with E-state index in [-0.39, 0.29) is 5.97 Å². The van der Waals surface area contributed by atoms with Crippen LogP contribution in [0.4, 0.5) is 0 Å². The number of benzene rings is 1. The molecule has 3 nitrogen and oxygen atoms in total. The normalized spacial score (nSPS) is 10.3. The van der Waals surface area contributed by atoms with Crippen LogP contribution in [0, 0.1) is 0 Å². The van der Waals surface area contributed by atoms with E-state index in [1.165, 1.54) is 18.4 Å². The Morgan fingerprint density at radius 3 is 2.80 bits per heavy atom. The first-order chi connectivity index (χ1) is 7.27. The van der Waals surface area contributed by atoms with Crippen molar-refractivity contribution in [3.8, 4) is 5.75 Å². The van der Waals surface area contributed by atoms with Crippen molar-refractivity contribution in [2.24, 2.45) is 0 Å². The number of hydrogen-bond donors (Lipinski definition) is 0. The third-order valence-electron chi connectivity index (χ3n) is 2.19. The maximum absolute atomic E-state index is 11.5. The van der Waals surface area contributed by atoms with Crippen LogP contribution in [0.1, 0.15) is 10.4 Å². The molecule has 0 atom stereocenters. The van der Waals surface area contributed by atoms with E-state index in [2.05, 4.69) is 0 Å². The second-order valence-corrected chi connectivity index (χ2v) is 3.89. The highest BCUT2D eigenvalue weighted by Crippen LogP contribution is 2.33. The topological polar surface area (TPSA) is 35.5 Å². The fraction of sp³-hybridized carbons (Fsp3) is 0.182. The van der Waals surface area contributed by atoms with E-state index in [0.717, 1.165) is 10.1 Å². The number of carbonyl (C=O) groups is 1. The number of thiophene rings is 1. The second-order valence-electron chi connectivity index (χ2n) is 2.97. The highest BCUT2D eigenvalue weighted by molar-refractivity contribution is 7.17. The van der Waals surface area contributed by atoms with Gasteiger partial charge in [-0.15, -0.1) is 11.3 Å². The Morgan fingerprint density at radius 1 is 1.33 bits per heavy atom. The first-order valence-corrected chi connectivity index (χ1v) is 5.28. The van der Waals surface area contributed by atoms with E-state index < -0.39 is 0 Å². The van der Waals surface area contributed by atoms with Gasteiger partial charge in [0, 0.05) is 15.5 Å². The van der Waals surface area contributed by atoms with Crippen LogP contribution < -0.4 is 4.74 Å². The quantitative estimate of drug-likeness (QED) is 0.733. The van der Waals surface area contributed by atoms with Gasteiger partial charge in [0.2, 0.25) is 0 Å². The van der Waals surface area contributed by atoms with E-state index in [4.69, 9.17) is 9.47 Å². The second kappa shape index (κ2) is 3.90. The molecule has 0 bridgehead atoms. The zero-order valence-corrected chi connectivity index (χ0v) is 9.26. The zero-order chi connectivity index (χ0) is 10.8. The van der Waals surface area contributed by atoms with Crippen molar-refractivity contribution >= 4 is 27.4 Å². The van der Waals surface area contributed by atoms with Gasteiger partial charge in [-0.05, 0) is 12.1 Å². The van der Waals surface area contributed by atoms with Crippen molar-refractivity contribution in [1.29, 1.82) is 0 Å². The Kier molecular flexibility index (Phi) is 2.60. The third-order valence-corrected chi connectivity index (χ3v) is 3.13. The number of hydrogen-bond acceptors (Lipinski definition) is 4. The van der Waals surface area contributed by atoms with E-state index in [1.54, 1.807) is 12.5 Å². The van der Waals surface area contributed by atoms with Crippen LogP contribution in [0.15, 0.2) is 23.6 Å². The summed E-state index contributed by atoms with van der Waals surface area (Å²) in [6, 6.07) is 5.69. The molecule has 0 aliphatic carbocycles. The lowest BCUT2D eigenvalue weighted by Crippen LogP contribution is -2.00. The van der Waals surface area contributed by atoms with Crippen molar-refractivity contribution in [2.75, 3.05) is 14.2 Å². The molecule has 0 saturated carbocycles. The van der Waals surface area contributed by atoms with Gasteiger partial charge in [-0.3, -0.25) is 0 Å². The average Bonchev–Trinajstić information content (AvgIpc) is 2.71. The van der Waals surface area contributed by atoms with Crippen LogP contribution in [0.25, 0.3) is 10.1 Å². The minimum absolute atomic E-state index is 0.328. The number of esters is 1. The summed E-state index contributed by atoms with van der Waals surface area (Å²) in [5.74, 6) is 0.375. The molecule has 2 aromatic rings. The van der Waals surface area contributed by atoms with Crippen LogP contribution >= 0.6 is 11.3 Å². The van der Waals surface area contributed by atoms with Gasteiger partial charge in [-0.2, -0.15) is 0 Å². The Morgan fingerprint density at radius 2 is 2.13 bits per heavy atom. The lowest BCUT2D eigenvalue weighted by atomic mass is 10.1. The standard InChI is InChI=1S/C11H10O3S/c1-13-8-4-3-5-9-10(8)7(6-15-9)11(12)14-2/h3-6H,1-2H3. The molecule has 1 aromatic heterocycles. The molecule has 15 heavy (non-hydrogen) atoms. The molecule has 0 spiro atoms. The highest BCUT2D eigenvalue weighted by Gasteiger charge is 2.15. The van der Waals surface area contributed by atoms with Crippen LogP contribution in [0.3, 0.4) is 0 Å². The fourth-order valence-corrected chi connectivity index (χ4v) is 2.43. The summed E-state index contributed by atoms with van der Waals surface area (Å²) in [4.78, 5) is 11.5. The van der Waals surface area contributed by atoms with Gasteiger partial charge in [0.15, 0.2) is 0 Å². The largest absolute Gasteiger partial charge is 0.496 e. The molecule has 4 heteroatoms. The van der Waals surface area contributed by atoms with Crippen LogP contribution in [-0.4, -0.2) is 20.2 Å². The Hall–Kier alpha value is -1.55. The van der Waals surface area contributed by atoms with Gasteiger partial charge < -0.3 is 9.47 Å². The SMILES string of the molecule is COC(=O)c1csc2cccc(OC)c12. The third kappa shape index (κ3) is 1.57. The van der Waals surface area contributed by atoms with E-state index in [9.17, 15) is 4.79 Å². The molecule has 1 heterocycles. The predicted molar refractivity (Wildman–Crippen MR) is 59.7 cm³/mol. The van der Waals surface area contributed by atoms with Crippen molar-refractivity contribution in [2.45, 2.75) is 0 Å². The van der Waals surface area contributed by atoms with Crippen LogP contribution in [-0.2, 0) is 4.74 Å². The average molecular weight is 222 g/mol. The molecular formula is C11H10O3S. The van der Waals surface area contributed by atoms with Crippen LogP contribution in [0.2, 0.25) is 0 Å². The summed E-state index contributed by atoms with van der Waals surface area (Å²) in [5.41, 5.74) is 0.565. The molecule has 0 saturated heterocycles. The molecule has 1 aromatic carbocycles. The van der Waals surface area contributed by atoms with Crippen LogP contribution in [0.5, 0.6) is 5.75 Å². The number of carbonyl (C=O) groups excluding carboxylic acids is 1. The van der Waals surface area contributed by atoms with Gasteiger partial charge in [0.25, 0.3) is 0 Å². The lowest BCUT2D eigenvalue weighted by molar-refractivity contribution is 0.0603. The number of fused-ring (bicyclic) bond motifs is 1. The van der Waals surface area contributed by atoms with Crippen molar-refractivity contribution in [3.05, 3.63) is 29.1 Å². The molecule has 78 valence electrons. The van der Waals surface area contributed by atoms with E-state index in [0.29, 0.717) is 11.3 Å². The minimum Gasteiger partial charge on any atom is -0.496 e. The smallest absolute Gasteiger partial charge is 0.339 e. The summed E-state index contributed by atoms with van der Waals surface area (Å²) in [6.45, 7) is 0. The molecule has 2 rings (SSSR count). The summed E-state index contributed by atoms with van der Waals surface area (Å²) in [5, 5.41) is 2.62. The molecule has 0 amide bonds. The van der Waals surface area contributed by atoms with Crippen molar-refractivity contribution < 1.29 is 14.3 Å². The summed E-state index contributed by atoms with van der Waals surface area (Å²) in [6.07, 6.45) is 0. The zero-order valence-electron chi connectivity index (χ0n) is 8.44. The minimum atomic E-state index is -0.328. The summed E-state index contributed by atoms with van der Waals surface area (Å²) < 4.78 is 11.0. The molecular weight excluding hydrogens is 212 g/mol. The molecule has 0 aliphatic heterocycles. The maximum Gasteiger partial charge on any atom is 0.339 e.